The van der Waals surface area contributed by atoms with Crippen molar-refractivity contribution >= 4 is 11.6 Å². The van der Waals surface area contributed by atoms with Gasteiger partial charge in [-0.3, -0.25) is 4.79 Å². The first-order valence-electron chi connectivity index (χ1n) is 6.86. The fourth-order valence-electron chi connectivity index (χ4n) is 1.73. The standard InChI is InChI=1S/C11H12N2O2.2C2H6/c14-10-7-6-9(13-15)11(12-10)8-4-2-1-3-5-8;2*1-2/h1-5,11,15H,6-7H2,(H,12,14);2*1-2H3. The smallest absolute Gasteiger partial charge is 0.221 e. The lowest BCUT2D eigenvalue weighted by atomic mass is 9.95. The van der Waals surface area contributed by atoms with Crippen LogP contribution in [-0.4, -0.2) is 16.8 Å². The van der Waals surface area contributed by atoms with Crippen molar-refractivity contribution in [2.75, 3.05) is 0 Å². The van der Waals surface area contributed by atoms with Gasteiger partial charge in [0.25, 0.3) is 0 Å². The largest absolute Gasteiger partial charge is 0.411 e. The minimum Gasteiger partial charge on any atom is -0.411 e. The summed E-state index contributed by atoms with van der Waals surface area (Å²) in [5, 5.41) is 14.9. The number of piperidine rings is 1. The van der Waals surface area contributed by atoms with Crippen molar-refractivity contribution < 1.29 is 10.0 Å². The third-order valence-electron chi connectivity index (χ3n) is 2.51. The van der Waals surface area contributed by atoms with Gasteiger partial charge in [-0.1, -0.05) is 63.2 Å². The number of nitrogens with one attached hydrogen (secondary N) is 1. The predicted octanol–water partition coefficient (Wildman–Crippen LogP) is 3.52. The highest BCUT2D eigenvalue weighted by atomic mass is 16.4. The molecule has 0 radical (unpaired) electrons. The molecule has 1 saturated heterocycles. The van der Waals surface area contributed by atoms with Crippen LogP contribution in [0.4, 0.5) is 0 Å². The van der Waals surface area contributed by atoms with E-state index in [1.54, 1.807) is 0 Å². The van der Waals surface area contributed by atoms with Crippen LogP contribution in [0.5, 0.6) is 0 Å². The average molecular weight is 264 g/mol. The molecule has 1 fully saturated rings. The molecule has 1 unspecified atom stereocenters. The molecule has 1 aromatic carbocycles. The molecule has 19 heavy (non-hydrogen) atoms. The Balaban J connectivity index is 0.000000741. The molecule has 0 bridgehead atoms. The van der Waals surface area contributed by atoms with Gasteiger partial charge >= 0.3 is 0 Å². The quantitative estimate of drug-likeness (QED) is 0.602. The molecule has 1 atom stereocenters. The zero-order chi connectivity index (χ0) is 14.7. The topological polar surface area (TPSA) is 61.7 Å². The van der Waals surface area contributed by atoms with Crippen LogP contribution in [0.3, 0.4) is 0 Å². The fraction of sp³-hybridized carbons (Fsp3) is 0.467. The van der Waals surface area contributed by atoms with Crippen LogP contribution in [0.25, 0.3) is 0 Å². The molecule has 1 aromatic rings. The van der Waals surface area contributed by atoms with Gasteiger partial charge in [0.15, 0.2) is 0 Å². The zero-order valence-electron chi connectivity index (χ0n) is 12.2. The summed E-state index contributed by atoms with van der Waals surface area (Å²) >= 11 is 0. The molecular formula is C15H24N2O2. The van der Waals surface area contributed by atoms with Gasteiger partial charge in [0, 0.05) is 12.8 Å². The highest BCUT2D eigenvalue weighted by Gasteiger charge is 2.26. The van der Waals surface area contributed by atoms with Gasteiger partial charge in [0.05, 0.1) is 11.8 Å². The Bertz CT molecular complexity index is 388. The zero-order valence-corrected chi connectivity index (χ0v) is 12.2. The summed E-state index contributed by atoms with van der Waals surface area (Å²) in [6.07, 6.45) is 0.907. The Labute approximate surface area is 115 Å². The van der Waals surface area contributed by atoms with Gasteiger partial charge in [0.1, 0.15) is 0 Å². The average Bonchev–Trinajstić information content (AvgIpc) is 2.52. The highest BCUT2D eigenvalue weighted by Crippen LogP contribution is 2.20. The maximum Gasteiger partial charge on any atom is 0.221 e. The van der Waals surface area contributed by atoms with E-state index in [1.807, 2.05) is 58.0 Å². The van der Waals surface area contributed by atoms with Crippen molar-refractivity contribution in [1.29, 1.82) is 0 Å². The number of carbonyl (C=O) groups excluding carboxylic acids is 1. The van der Waals surface area contributed by atoms with E-state index in [4.69, 9.17) is 5.21 Å². The van der Waals surface area contributed by atoms with Gasteiger partial charge in [0.2, 0.25) is 5.91 Å². The summed E-state index contributed by atoms with van der Waals surface area (Å²) in [5.74, 6) is -0.00347. The first-order valence-corrected chi connectivity index (χ1v) is 6.86. The van der Waals surface area contributed by atoms with Crippen molar-refractivity contribution in [2.45, 2.75) is 46.6 Å². The van der Waals surface area contributed by atoms with Crippen molar-refractivity contribution in [3.8, 4) is 0 Å². The Hall–Kier alpha value is -1.84. The molecule has 1 aliphatic rings. The summed E-state index contributed by atoms with van der Waals surface area (Å²) in [7, 11) is 0. The van der Waals surface area contributed by atoms with E-state index in [0.717, 1.165) is 5.56 Å². The van der Waals surface area contributed by atoms with E-state index in [1.165, 1.54) is 0 Å². The van der Waals surface area contributed by atoms with Gasteiger partial charge in [-0.15, -0.1) is 0 Å². The maximum absolute atomic E-state index is 11.3. The van der Waals surface area contributed by atoms with Crippen LogP contribution in [0, 0.1) is 0 Å². The minimum absolute atomic E-state index is 0.00347. The second-order valence-electron chi connectivity index (χ2n) is 3.50. The van der Waals surface area contributed by atoms with Gasteiger partial charge in [-0.05, 0) is 5.56 Å². The molecule has 2 rings (SSSR count). The van der Waals surface area contributed by atoms with Gasteiger partial charge in [-0.2, -0.15) is 0 Å². The Kier molecular flexibility index (Phi) is 9.14. The monoisotopic (exact) mass is 264 g/mol. The van der Waals surface area contributed by atoms with Crippen LogP contribution in [-0.2, 0) is 4.79 Å². The number of amides is 1. The number of hydrogen-bond acceptors (Lipinski definition) is 3. The molecular weight excluding hydrogens is 240 g/mol. The number of hydrogen-bond donors (Lipinski definition) is 2. The first kappa shape index (κ1) is 17.2. The first-order chi connectivity index (χ1) is 9.31. The fourth-order valence-corrected chi connectivity index (χ4v) is 1.73. The molecule has 4 nitrogen and oxygen atoms in total. The molecule has 1 aliphatic heterocycles. The van der Waals surface area contributed by atoms with E-state index in [2.05, 4.69) is 10.5 Å². The number of rotatable bonds is 1. The Morgan fingerprint density at radius 2 is 1.68 bits per heavy atom. The maximum atomic E-state index is 11.3. The van der Waals surface area contributed by atoms with Crippen LogP contribution in [0.15, 0.2) is 35.5 Å². The minimum atomic E-state index is -0.280. The Morgan fingerprint density at radius 3 is 2.21 bits per heavy atom. The summed E-state index contributed by atoms with van der Waals surface area (Å²) in [6.45, 7) is 8.00. The van der Waals surface area contributed by atoms with Gasteiger partial charge < -0.3 is 10.5 Å². The van der Waals surface area contributed by atoms with E-state index in [0.29, 0.717) is 18.6 Å². The molecule has 2 N–H and O–H groups in total. The van der Waals surface area contributed by atoms with Crippen molar-refractivity contribution in [3.63, 3.8) is 0 Å². The predicted molar refractivity (Wildman–Crippen MR) is 78.5 cm³/mol. The third kappa shape index (κ3) is 5.12. The third-order valence-corrected chi connectivity index (χ3v) is 2.51. The molecule has 0 saturated carbocycles. The summed E-state index contributed by atoms with van der Waals surface area (Å²) < 4.78 is 0. The number of oxime groups is 1. The lowest BCUT2D eigenvalue weighted by molar-refractivity contribution is -0.121. The lowest BCUT2D eigenvalue weighted by Gasteiger charge is -2.24. The van der Waals surface area contributed by atoms with Crippen molar-refractivity contribution in [1.82, 2.24) is 5.32 Å². The van der Waals surface area contributed by atoms with Crippen LogP contribution in [0.1, 0.15) is 52.1 Å². The highest BCUT2D eigenvalue weighted by molar-refractivity contribution is 5.98. The van der Waals surface area contributed by atoms with Crippen molar-refractivity contribution in [3.05, 3.63) is 35.9 Å². The lowest BCUT2D eigenvalue weighted by Crippen LogP contribution is -2.38. The molecule has 106 valence electrons. The van der Waals surface area contributed by atoms with Crippen LogP contribution < -0.4 is 5.32 Å². The second kappa shape index (κ2) is 10.1. The second-order valence-corrected chi connectivity index (χ2v) is 3.50. The molecule has 0 aromatic heterocycles. The van der Waals surface area contributed by atoms with Crippen molar-refractivity contribution in [2.24, 2.45) is 5.16 Å². The van der Waals surface area contributed by atoms with E-state index in [9.17, 15) is 4.79 Å². The van der Waals surface area contributed by atoms with E-state index < -0.39 is 0 Å². The number of carbonyl (C=O) groups is 1. The van der Waals surface area contributed by atoms with Crippen LogP contribution in [0.2, 0.25) is 0 Å². The number of nitrogens with zero attached hydrogens (tertiary/aromatic N) is 1. The Morgan fingerprint density at radius 1 is 1.11 bits per heavy atom. The molecule has 4 heteroatoms. The SMILES string of the molecule is CC.CC.O=C1CCC(=NO)C(c2ccccc2)N1. The number of benzene rings is 1. The summed E-state index contributed by atoms with van der Waals surface area (Å²) in [6, 6.07) is 9.22. The van der Waals surface area contributed by atoms with Gasteiger partial charge in [-0.25, -0.2) is 0 Å². The molecule has 0 aliphatic carbocycles. The molecule has 1 heterocycles. The molecule has 0 spiro atoms. The summed E-state index contributed by atoms with van der Waals surface area (Å²) in [4.78, 5) is 11.3. The summed E-state index contributed by atoms with van der Waals surface area (Å²) in [5.41, 5.74) is 1.55. The van der Waals surface area contributed by atoms with E-state index in [-0.39, 0.29) is 11.9 Å². The molecule has 1 amide bonds. The normalized spacial score (nSPS) is 19.5. The van der Waals surface area contributed by atoms with Crippen LogP contribution >= 0.6 is 0 Å². The van der Waals surface area contributed by atoms with E-state index >= 15 is 0 Å².